The number of thiophene rings is 1. The molecule has 2 atom stereocenters. The summed E-state index contributed by atoms with van der Waals surface area (Å²) in [4.78, 5) is 27.0. The molecule has 0 saturated carbocycles. The summed E-state index contributed by atoms with van der Waals surface area (Å²) in [5, 5.41) is 3.44. The van der Waals surface area contributed by atoms with Crippen molar-refractivity contribution in [2.75, 3.05) is 32.6 Å². The minimum atomic E-state index is -3.73. The number of rotatable bonds is 6. The van der Waals surface area contributed by atoms with Crippen LogP contribution in [0.4, 0.5) is 5.00 Å². The number of anilines is 1. The van der Waals surface area contributed by atoms with Gasteiger partial charge in [0.05, 0.1) is 30.6 Å². The summed E-state index contributed by atoms with van der Waals surface area (Å²) in [6.07, 6.45) is 3.80. The first-order valence-corrected chi connectivity index (χ1v) is 13.7. The lowest BCUT2D eigenvalue weighted by molar-refractivity contribution is -0.120. The van der Waals surface area contributed by atoms with E-state index in [1.807, 2.05) is 0 Å². The standard InChI is InChI=1S/C24H30N2O6S2/c1-15-6-11-19-20(13-15)33-23(21(19)24(28)32-3)25-22(27)16-5-4-12-26(14-16)34(29,30)18-9-7-17(31-2)8-10-18/h7-10,15-16H,4-6,11-14H2,1-3H3,(H,25,27). The zero-order chi connectivity index (χ0) is 24.5. The van der Waals surface area contributed by atoms with Crippen LogP contribution in [-0.2, 0) is 32.4 Å². The number of benzene rings is 1. The van der Waals surface area contributed by atoms with Crippen molar-refractivity contribution in [2.45, 2.75) is 43.9 Å². The summed E-state index contributed by atoms with van der Waals surface area (Å²) in [7, 11) is -0.873. The number of carbonyl (C=O) groups excluding carboxylic acids is 2. The van der Waals surface area contributed by atoms with Gasteiger partial charge in [-0.1, -0.05) is 6.92 Å². The largest absolute Gasteiger partial charge is 0.497 e. The molecule has 1 fully saturated rings. The number of nitrogens with zero attached hydrogens (tertiary/aromatic N) is 1. The van der Waals surface area contributed by atoms with Gasteiger partial charge in [0.2, 0.25) is 15.9 Å². The molecule has 4 rings (SSSR count). The Morgan fingerprint density at radius 3 is 2.56 bits per heavy atom. The normalized spacial score (nSPS) is 20.9. The molecular formula is C24H30N2O6S2. The Morgan fingerprint density at radius 1 is 1.15 bits per heavy atom. The summed E-state index contributed by atoms with van der Waals surface area (Å²) < 4.78 is 37.8. The molecule has 34 heavy (non-hydrogen) atoms. The first kappa shape index (κ1) is 24.7. The van der Waals surface area contributed by atoms with Gasteiger partial charge < -0.3 is 14.8 Å². The van der Waals surface area contributed by atoms with Crippen molar-refractivity contribution in [2.24, 2.45) is 11.8 Å². The quantitative estimate of drug-likeness (QED) is 0.600. The number of ether oxygens (including phenoxy) is 2. The summed E-state index contributed by atoms with van der Waals surface area (Å²) in [5.74, 6) is -0.133. The predicted octanol–water partition coefficient (Wildman–Crippen LogP) is 3.71. The van der Waals surface area contributed by atoms with Crippen molar-refractivity contribution in [1.82, 2.24) is 4.31 Å². The Labute approximate surface area is 204 Å². The van der Waals surface area contributed by atoms with Gasteiger partial charge in [-0.05, 0) is 67.9 Å². The van der Waals surface area contributed by atoms with E-state index in [9.17, 15) is 18.0 Å². The maximum absolute atomic E-state index is 13.2. The van der Waals surface area contributed by atoms with E-state index in [-0.39, 0.29) is 17.3 Å². The van der Waals surface area contributed by atoms with E-state index in [0.717, 1.165) is 29.7 Å². The van der Waals surface area contributed by atoms with Crippen LogP contribution in [0.1, 0.15) is 47.0 Å². The van der Waals surface area contributed by atoms with Gasteiger partial charge in [-0.2, -0.15) is 4.31 Å². The second-order valence-electron chi connectivity index (χ2n) is 8.91. The maximum Gasteiger partial charge on any atom is 0.341 e. The number of amides is 1. The van der Waals surface area contributed by atoms with Crippen molar-refractivity contribution >= 4 is 38.2 Å². The Bertz CT molecular complexity index is 1170. The summed E-state index contributed by atoms with van der Waals surface area (Å²) in [6, 6.07) is 6.23. The van der Waals surface area contributed by atoms with Gasteiger partial charge in [-0.15, -0.1) is 11.3 Å². The second kappa shape index (κ2) is 10.1. The van der Waals surface area contributed by atoms with E-state index >= 15 is 0 Å². The summed E-state index contributed by atoms with van der Waals surface area (Å²) in [6.45, 7) is 2.63. The number of hydrogen-bond donors (Lipinski definition) is 1. The van der Waals surface area contributed by atoms with Crippen LogP contribution in [0.5, 0.6) is 5.75 Å². The number of sulfonamides is 1. The molecule has 1 amide bonds. The Morgan fingerprint density at radius 2 is 1.88 bits per heavy atom. The molecule has 1 aliphatic carbocycles. The van der Waals surface area contributed by atoms with Crippen LogP contribution in [-0.4, -0.2) is 51.9 Å². The van der Waals surface area contributed by atoms with Gasteiger partial charge in [0.15, 0.2) is 0 Å². The molecule has 0 radical (unpaired) electrons. The highest BCUT2D eigenvalue weighted by Gasteiger charge is 2.35. The zero-order valence-electron chi connectivity index (χ0n) is 19.6. The maximum atomic E-state index is 13.2. The minimum absolute atomic E-state index is 0.0931. The molecule has 0 bridgehead atoms. The third-order valence-electron chi connectivity index (χ3n) is 6.59. The van der Waals surface area contributed by atoms with Crippen LogP contribution in [0.3, 0.4) is 0 Å². The molecule has 184 valence electrons. The van der Waals surface area contributed by atoms with Crippen molar-refractivity contribution < 1.29 is 27.5 Å². The monoisotopic (exact) mass is 506 g/mol. The number of nitrogens with one attached hydrogen (secondary N) is 1. The molecule has 0 spiro atoms. The van der Waals surface area contributed by atoms with Gasteiger partial charge >= 0.3 is 5.97 Å². The number of esters is 1. The fraction of sp³-hybridized carbons (Fsp3) is 0.500. The van der Waals surface area contributed by atoms with Crippen LogP contribution in [0.15, 0.2) is 29.2 Å². The first-order valence-electron chi connectivity index (χ1n) is 11.4. The molecule has 1 aromatic carbocycles. The highest BCUT2D eigenvalue weighted by atomic mass is 32.2. The lowest BCUT2D eigenvalue weighted by atomic mass is 9.88. The second-order valence-corrected chi connectivity index (χ2v) is 12.0. The molecule has 10 heteroatoms. The third-order valence-corrected chi connectivity index (χ3v) is 9.64. The lowest BCUT2D eigenvalue weighted by Crippen LogP contribution is -2.43. The van der Waals surface area contributed by atoms with E-state index in [2.05, 4.69) is 12.2 Å². The molecule has 2 heterocycles. The number of carbonyl (C=O) groups is 2. The zero-order valence-corrected chi connectivity index (χ0v) is 21.3. The molecule has 2 unspecified atom stereocenters. The van der Waals surface area contributed by atoms with E-state index in [4.69, 9.17) is 9.47 Å². The average Bonchev–Trinajstić information content (AvgIpc) is 3.20. The molecule has 2 aliphatic rings. The van der Waals surface area contributed by atoms with Crippen molar-refractivity contribution in [1.29, 1.82) is 0 Å². The number of hydrogen-bond acceptors (Lipinski definition) is 7. The Kier molecular flexibility index (Phi) is 7.30. The minimum Gasteiger partial charge on any atom is -0.497 e. The van der Waals surface area contributed by atoms with Gasteiger partial charge in [-0.25, -0.2) is 13.2 Å². The highest BCUT2D eigenvalue weighted by Crippen LogP contribution is 2.40. The molecule has 1 N–H and O–H groups in total. The smallest absolute Gasteiger partial charge is 0.341 e. The van der Waals surface area contributed by atoms with Crippen molar-refractivity contribution in [3.63, 3.8) is 0 Å². The van der Waals surface area contributed by atoms with E-state index < -0.39 is 21.9 Å². The third kappa shape index (κ3) is 4.85. The predicted molar refractivity (Wildman–Crippen MR) is 130 cm³/mol. The van der Waals surface area contributed by atoms with E-state index in [0.29, 0.717) is 41.6 Å². The van der Waals surface area contributed by atoms with Crippen LogP contribution in [0.25, 0.3) is 0 Å². The fourth-order valence-corrected chi connectivity index (χ4v) is 7.57. The number of piperidine rings is 1. The van der Waals surface area contributed by atoms with Gasteiger partial charge in [-0.3, -0.25) is 4.79 Å². The summed E-state index contributed by atoms with van der Waals surface area (Å²) in [5.41, 5.74) is 1.42. The van der Waals surface area contributed by atoms with Crippen molar-refractivity contribution in [3.8, 4) is 5.75 Å². The van der Waals surface area contributed by atoms with Crippen LogP contribution >= 0.6 is 11.3 Å². The SMILES string of the molecule is COC(=O)c1c(NC(=O)C2CCCN(S(=O)(=O)c3ccc(OC)cc3)C2)sc2c1CCC(C)C2. The fourth-order valence-electron chi connectivity index (χ4n) is 4.64. The van der Waals surface area contributed by atoms with Crippen LogP contribution in [0, 0.1) is 11.8 Å². The molecule has 1 aliphatic heterocycles. The van der Waals surface area contributed by atoms with E-state index in [1.54, 1.807) is 12.1 Å². The molecular weight excluding hydrogens is 476 g/mol. The van der Waals surface area contributed by atoms with Gasteiger partial charge in [0.25, 0.3) is 0 Å². The van der Waals surface area contributed by atoms with E-state index in [1.165, 1.54) is 42.0 Å². The van der Waals surface area contributed by atoms with Gasteiger partial charge in [0.1, 0.15) is 10.8 Å². The van der Waals surface area contributed by atoms with Gasteiger partial charge in [0, 0.05) is 18.0 Å². The Balaban J connectivity index is 1.52. The Hall–Kier alpha value is -2.43. The number of methoxy groups -OCH3 is 2. The molecule has 1 saturated heterocycles. The summed E-state index contributed by atoms with van der Waals surface area (Å²) >= 11 is 1.43. The number of fused-ring (bicyclic) bond motifs is 1. The van der Waals surface area contributed by atoms with Crippen LogP contribution in [0.2, 0.25) is 0 Å². The van der Waals surface area contributed by atoms with Crippen molar-refractivity contribution in [3.05, 3.63) is 40.3 Å². The lowest BCUT2D eigenvalue weighted by Gasteiger charge is -2.31. The topological polar surface area (TPSA) is 102 Å². The highest BCUT2D eigenvalue weighted by molar-refractivity contribution is 7.89. The molecule has 2 aromatic rings. The average molecular weight is 507 g/mol. The van der Waals surface area contributed by atoms with Crippen LogP contribution < -0.4 is 10.1 Å². The molecule has 8 nitrogen and oxygen atoms in total. The first-order chi connectivity index (χ1) is 16.2. The molecule has 1 aromatic heterocycles.